The van der Waals surface area contributed by atoms with Crippen molar-refractivity contribution in [2.45, 2.75) is 19.9 Å². The second-order valence-corrected chi connectivity index (χ2v) is 7.61. The maximum absolute atomic E-state index is 13.3. The summed E-state index contributed by atoms with van der Waals surface area (Å²) in [6.07, 6.45) is 0. The van der Waals surface area contributed by atoms with Crippen molar-refractivity contribution < 1.29 is 24.2 Å². The molecule has 7 nitrogen and oxygen atoms in total. The first-order valence-electron chi connectivity index (χ1n) is 8.74. The lowest BCUT2D eigenvalue weighted by molar-refractivity contribution is -0.130. The Morgan fingerprint density at radius 3 is 2.68 bits per heavy atom. The predicted molar refractivity (Wildman–Crippen MR) is 105 cm³/mol. The summed E-state index contributed by atoms with van der Waals surface area (Å²) < 4.78 is 10.4. The third kappa shape index (κ3) is 3.53. The molecule has 1 aromatic carbocycles. The number of benzene rings is 1. The smallest absolute Gasteiger partial charge is 0.290 e. The van der Waals surface area contributed by atoms with E-state index in [0.717, 1.165) is 5.01 Å². The van der Waals surface area contributed by atoms with Gasteiger partial charge in [0.15, 0.2) is 5.76 Å². The van der Waals surface area contributed by atoms with E-state index < -0.39 is 17.7 Å². The molecule has 2 aromatic rings. The summed E-state index contributed by atoms with van der Waals surface area (Å²) in [5.74, 6) is -0.909. The molecule has 28 heavy (non-hydrogen) atoms. The lowest BCUT2D eigenvalue weighted by atomic mass is 9.95. The standard InChI is InChI=1S/C20H22N2O5S/c1-11-19(28-12(2)21-11)17(23)15-16(13-6-5-7-14(10-13)27-4)22(8-9-26-3)20(25)18(15)24/h5-7,10,16,24H,8-9H2,1-4H3. The lowest BCUT2D eigenvalue weighted by Gasteiger charge is -2.26. The summed E-state index contributed by atoms with van der Waals surface area (Å²) >= 11 is 1.25. The quantitative estimate of drug-likeness (QED) is 0.716. The number of rotatable bonds is 7. The van der Waals surface area contributed by atoms with Crippen molar-refractivity contribution in [2.24, 2.45) is 0 Å². The molecule has 148 valence electrons. The summed E-state index contributed by atoms with van der Waals surface area (Å²) in [7, 11) is 3.08. The number of aliphatic hydroxyl groups excluding tert-OH is 1. The number of hydrogen-bond acceptors (Lipinski definition) is 7. The van der Waals surface area contributed by atoms with Crippen LogP contribution in [0.1, 0.15) is 32.0 Å². The topological polar surface area (TPSA) is 89.0 Å². The fourth-order valence-electron chi connectivity index (χ4n) is 3.33. The number of carbonyl (C=O) groups excluding carboxylic acids is 2. The number of ether oxygens (including phenoxy) is 2. The van der Waals surface area contributed by atoms with Gasteiger partial charge in [-0.2, -0.15) is 0 Å². The Labute approximate surface area is 167 Å². The highest BCUT2D eigenvalue weighted by Gasteiger charge is 2.44. The first kappa shape index (κ1) is 20.0. The van der Waals surface area contributed by atoms with E-state index in [0.29, 0.717) is 21.9 Å². The van der Waals surface area contributed by atoms with Gasteiger partial charge in [-0.25, -0.2) is 4.98 Å². The molecule has 0 radical (unpaired) electrons. The Bertz CT molecular complexity index is 950. The minimum absolute atomic E-state index is 0.0566. The Hall–Kier alpha value is -2.71. The molecule has 0 saturated heterocycles. The van der Waals surface area contributed by atoms with Crippen molar-refractivity contribution in [3.05, 3.63) is 56.7 Å². The second kappa shape index (κ2) is 8.12. The van der Waals surface area contributed by atoms with Crippen LogP contribution in [-0.4, -0.2) is 54.1 Å². The molecule has 0 saturated carbocycles. The monoisotopic (exact) mass is 402 g/mol. The third-order valence-corrected chi connectivity index (χ3v) is 5.68. The number of thiazole rings is 1. The normalized spacial score (nSPS) is 16.8. The molecular weight excluding hydrogens is 380 g/mol. The minimum Gasteiger partial charge on any atom is -0.503 e. The van der Waals surface area contributed by atoms with Gasteiger partial charge < -0.3 is 19.5 Å². The number of hydrogen-bond donors (Lipinski definition) is 1. The molecular formula is C20H22N2O5S. The van der Waals surface area contributed by atoms with Crippen LogP contribution in [0.3, 0.4) is 0 Å². The van der Waals surface area contributed by atoms with Crippen LogP contribution < -0.4 is 4.74 Å². The van der Waals surface area contributed by atoms with Gasteiger partial charge in [0.25, 0.3) is 5.91 Å². The summed E-state index contributed by atoms with van der Waals surface area (Å²) in [5.41, 5.74) is 1.32. The number of aromatic nitrogens is 1. The van der Waals surface area contributed by atoms with E-state index in [4.69, 9.17) is 9.47 Å². The van der Waals surface area contributed by atoms with Crippen molar-refractivity contribution in [2.75, 3.05) is 27.4 Å². The second-order valence-electron chi connectivity index (χ2n) is 6.41. The van der Waals surface area contributed by atoms with Gasteiger partial charge in [-0.05, 0) is 31.5 Å². The first-order chi connectivity index (χ1) is 13.4. The highest BCUT2D eigenvalue weighted by Crippen LogP contribution is 2.40. The van der Waals surface area contributed by atoms with Crippen LogP contribution in [0, 0.1) is 13.8 Å². The summed E-state index contributed by atoms with van der Waals surface area (Å²) in [6, 6.07) is 6.39. The van der Waals surface area contributed by atoms with E-state index in [1.807, 2.05) is 6.92 Å². The molecule has 1 unspecified atom stereocenters. The number of nitrogens with zero attached hydrogens (tertiary/aromatic N) is 2. The van der Waals surface area contributed by atoms with Gasteiger partial charge in [-0.1, -0.05) is 12.1 Å². The van der Waals surface area contributed by atoms with Crippen LogP contribution in [0.4, 0.5) is 0 Å². The Morgan fingerprint density at radius 1 is 1.32 bits per heavy atom. The van der Waals surface area contributed by atoms with E-state index in [9.17, 15) is 14.7 Å². The highest BCUT2D eigenvalue weighted by molar-refractivity contribution is 7.14. The van der Waals surface area contributed by atoms with E-state index in [2.05, 4.69) is 4.98 Å². The van der Waals surface area contributed by atoms with Crippen LogP contribution in [0.25, 0.3) is 0 Å². The number of ketones is 1. The van der Waals surface area contributed by atoms with Crippen LogP contribution >= 0.6 is 11.3 Å². The fraction of sp³-hybridized carbons (Fsp3) is 0.350. The number of aliphatic hydroxyl groups is 1. The molecule has 0 bridgehead atoms. The van der Waals surface area contributed by atoms with E-state index in [1.54, 1.807) is 38.3 Å². The molecule has 0 aliphatic carbocycles. The maximum atomic E-state index is 13.3. The maximum Gasteiger partial charge on any atom is 0.290 e. The van der Waals surface area contributed by atoms with Crippen molar-refractivity contribution >= 4 is 23.0 Å². The molecule has 3 rings (SSSR count). The Kier molecular flexibility index (Phi) is 5.81. The zero-order valence-corrected chi connectivity index (χ0v) is 17.0. The van der Waals surface area contributed by atoms with Crippen LogP contribution in [0.5, 0.6) is 5.75 Å². The molecule has 1 N–H and O–H groups in total. The van der Waals surface area contributed by atoms with Gasteiger partial charge in [0.1, 0.15) is 5.75 Å². The number of amides is 1. The zero-order chi connectivity index (χ0) is 20.4. The molecule has 0 spiro atoms. The van der Waals surface area contributed by atoms with Crippen molar-refractivity contribution in [3.8, 4) is 5.75 Å². The Balaban J connectivity index is 2.12. The van der Waals surface area contributed by atoms with Gasteiger partial charge in [0.05, 0.1) is 40.9 Å². The van der Waals surface area contributed by atoms with Crippen LogP contribution in [0.15, 0.2) is 35.6 Å². The highest BCUT2D eigenvalue weighted by atomic mass is 32.1. The summed E-state index contributed by atoms with van der Waals surface area (Å²) in [4.78, 5) is 32.2. The SMILES string of the molecule is COCCN1C(=O)C(O)=C(C(=O)c2sc(C)nc2C)C1c1cccc(OC)c1. The van der Waals surface area contributed by atoms with E-state index in [-0.39, 0.29) is 24.5 Å². The average molecular weight is 402 g/mol. The van der Waals surface area contributed by atoms with Crippen LogP contribution in [0.2, 0.25) is 0 Å². The first-order valence-corrected chi connectivity index (χ1v) is 9.56. The van der Waals surface area contributed by atoms with Gasteiger partial charge in [0.2, 0.25) is 5.78 Å². The molecule has 2 heterocycles. The molecule has 1 aliphatic rings. The van der Waals surface area contributed by atoms with Crippen molar-refractivity contribution in [1.82, 2.24) is 9.88 Å². The van der Waals surface area contributed by atoms with Gasteiger partial charge in [0, 0.05) is 13.7 Å². The Morgan fingerprint density at radius 2 is 2.07 bits per heavy atom. The van der Waals surface area contributed by atoms with Crippen molar-refractivity contribution in [1.29, 1.82) is 0 Å². The summed E-state index contributed by atoms with van der Waals surface area (Å²) in [5, 5.41) is 11.3. The lowest BCUT2D eigenvalue weighted by Crippen LogP contribution is -2.34. The molecule has 1 aromatic heterocycles. The average Bonchev–Trinajstić information content (AvgIpc) is 3.15. The van der Waals surface area contributed by atoms with Crippen molar-refractivity contribution in [3.63, 3.8) is 0 Å². The number of methoxy groups -OCH3 is 2. The predicted octanol–water partition coefficient (Wildman–Crippen LogP) is 2.99. The molecule has 1 aliphatic heterocycles. The number of carbonyl (C=O) groups is 2. The molecule has 8 heteroatoms. The molecule has 0 fully saturated rings. The molecule has 1 amide bonds. The minimum atomic E-state index is -0.730. The third-order valence-electron chi connectivity index (χ3n) is 4.60. The van der Waals surface area contributed by atoms with E-state index in [1.165, 1.54) is 23.3 Å². The zero-order valence-electron chi connectivity index (χ0n) is 16.2. The van der Waals surface area contributed by atoms with Crippen LogP contribution in [-0.2, 0) is 9.53 Å². The van der Waals surface area contributed by atoms with Gasteiger partial charge >= 0.3 is 0 Å². The van der Waals surface area contributed by atoms with Gasteiger partial charge in [-0.3, -0.25) is 9.59 Å². The number of Topliss-reactive ketones (excluding diaryl/α,β-unsaturated/α-hetero) is 1. The van der Waals surface area contributed by atoms with Gasteiger partial charge in [-0.15, -0.1) is 11.3 Å². The molecule has 1 atom stereocenters. The summed E-state index contributed by atoms with van der Waals surface area (Å²) in [6.45, 7) is 4.07. The largest absolute Gasteiger partial charge is 0.503 e. The fourth-order valence-corrected chi connectivity index (χ4v) is 4.20. The number of aryl methyl sites for hydroxylation is 2. The van der Waals surface area contributed by atoms with E-state index >= 15 is 0 Å².